The first-order valence-electron chi connectivity index (χ1n) is 14.8. The molecule has 0 aliphatic heterocycles. The summed E-state index contributed by atoms with van der Waals surface area (Å²) in [4.78, 5) is 12.8. The van der Waals surface area contributed by atoms with Crippen LogP contribution in [-0.4, -0.2) is 38.3 Å². The minimum absolute atomic E-state index is 0.0325. The van der Waals surface area contributed by atoms with Crippen molar-refractivity contribution < 1.29 is 25.2 Å². The summed E-state index contributed by atoms with van der Waals surface area (Å²) in [6.07, 6.45) is 7.64. The van der Waals surface area contributed by atoms with E-state index in [-0.39, 0.29) is 29.1 Å². The van der Waals surface area contributed by atoms with Gasteiger partial charge in [-0.1, -0.05) is 48.5 Å². The molecule has 4 N–H and O–H groups in total. The van der Waals surface area contributed by atoms with Gasteiger partial charge >= 0.3 is 5.97 Å². The third-order valence-electron chi connectivity index (χ3n) is 14.8. The third-order valence-corrected chi connectivity index (χ3v) is 14.8. The topological polar surface area (TPSA) is 98.0 Å². The van der Waals surface area contributed by atoms with Gasteiger partial charge in [-0.2, -0.15) is 0 Å². The molecule has 5 nitrogen and oxygen atoms in total. The quantitative estimate of drug-likeness (QED) is 0.354. The van der Waals surface area contributed by atoms with Crippen molar-refractivity contribution in [1.82, 2.24) is 0 Å². The number of aliphatic carboxylic acids is 1. The van der Waals surface area contributed by atoms with E-state index < -0.39 is 28.7 Å². The number of carboxylic acid groups (broad SMARTS) is 1. The largest absolute Gasteiger partial charge is 0.479 e. The number of aliphatic hydroxyl groups excluding tert-OH is 1. The second-order valence-electron chi connectivity index (χ2n) is 15.5. The van der Waals surface area contributed by atoms with Crippen molar-refractivity contribution in [1.29, 1.82) is 0 Å². The van der Waals surface area contributed by atoms with Crippen LogP contribution in [-0.2, 0) is 4.79 Å². The van der Waals surface area contributed by atoms with E-state index in [1.54, 1.807) is 0 Å². The number of carboxylic acids is 1. The van der Waals surface area contributed by atoms with Crippen molar-refractivity contribution in [2.75, 3.05) is 0 Å². The van der Waals surface area contributed by atoms with Gasteiger partial charge in [-0.15, -0.1) is 0 Å². The molecule has 0 spiro atoms. The predicted octanol–water partition coefficient (Wildman–Crippen LogP) is 5.85. The molecule has 0 saturated heterocycles. The SMILES string of the molecule is C[C@@H]1[C@H]2[C@H]3CC[C@@H]4[C@]5(C)[C@@H](CC[C@@]4(C)[C@]3(C)CC[C@@]2(C)CC[C@H]1C)C(C)(C(O)O)CCC5(O)C(=O)O. The van der Waals surface area contributed by atoms with Gasteiger partial charge in [0, 0.05) is 10.8 Å². The summed E-state index contributed by atoms with van der Waals surface area (Å²) < 4.78 is 0. The van der Waals surface area contributed by atoms with E-state index in [9.17, 15) is 25.2 Å². The number of rotatable bonds is 2. The van der Waals surface area contributed by atoms with Crippen LogP contribution < -0.4 is 0 Å². The summed E-state index contributed by atoms with van der Waals surface area (Å²) in [5.74, 6) is 1.40. The zero-order valence-electron chi connectivity index (χ0n) is 23.8. The molecule has 0 amide bonds. The van der Waals surface area contributed by atoms with Crippen LogP contribution >= 0.6 is 0 Å². The highest BCUT2D eigenvalue weighted by Crippen LogP contribution is 2.78. The van der Waals surface area contributed by atoms with Crippen LogP contribution in [0.5, 0.6) is 0 Å². The van der Waals surface area contributed by atoms with Gasteiger partial charge in [0.2, 0.25) is 0 Å². The zero-order valence-corrected chi connectivity index (χ0v) is 23.8. The van der Waals surface area contributed by atoms with Crippen molar-refractivity contribution in [3.8, 4) is 0 Å². The van der Waals surface area contributed by atoms with E-state index >= 15 is 0 Å². The highest BCUT2D eigenvalue weighted by Gasteiger charge is 2.75. The maximum absolute atomic E-state index is 12.8. The lowest BCUT2D eigenvalue weighted by molar-refractivity contribution is -0.312. The average Bonchev–Trinajstić information content (AvgIpc) is 2.80. The van der Waals surface area contributed by atoms with E-state index in [0.717, 1.165) is 31.6 Å². The molecule has 5 aliphatic carbocycles. The molecule has 0 aromatic rings. The summed E-state index contributed by atoms with van der Waals surface area (Å²) in [6, 6.07) is 0. The summed E-state index contributed by atoms with van der Waals surface area (Å²) >= 11 is 0. The fraction of sp³-hybridized carbons (Fsp3) is 0.968. The number of hydrogen-bond donors (Lipinski definition) is 4. The molecule has 5 fully saturated rings. The standard InChI is InChI=1S/C31H52O5/c1-18-10-12-26(3)14-16-28(5)20(23(26)19(18)2)8-9-22-29(28,6)13-11-21-27(4,24(32)33)15-17-31(36,25(34)35)30(21,22)7/h18-24,32-33,36H,8-17H2,1-7H3,(H,34,35)/t18-,19+,20-,21+,22+,23+,26-,27?,28-,29-,30+,31?/m1/s1. The van der Waals surface area contributed by atoms with Crippen LogP contribution in [0.2, 0.25) is 0 Å². The molecular formula is C31H52O5. The highest BCUT2D eigenvalue weighted by molar-refractivity contribution is 5.79. The molecule has 0 heterocycles. The Balaban J connectivity index is 1.62. The Hall–Kier alpha value is -0.650. The van der Waals surface area contributed by atoms with Gasteiger partial charge in [-0.05, 0) is 116 Å². The average molecular weight is 505 g/mol. The Bertz CT molecular complexity index is 919. The molecular weight excluding hydrogens is 452 g/mol. The van der Waals surface area contributed by atoms with Gasteiger partial charge in [-0.3, -0.25) is 0 Å². The van der Waals surface area contributed by atoms with Crippen molar-refractivity contribution in [3.63, 3.8) is 0 Å². The Labute approximate surface area is 218 Å². The second kappa shape index (κ2) is 7.94. The van der Waals surface area contributed by atoms with Gasteiger partial charge in [0.25, 0.3) is 0 Å². The number of aliphatic hydroxyl groups is 3. The molecule has 12 atom stereocenters. The van der Waals surface area contributed by atoms with Crippen molar-refractivity contribution in [3.05, 3.63) is 0 Å². The summed E-state index contributed by atoms with van der Waals surface area (Å²) in [5, 5.41) is 43.5. The Morgan fingerprint density at radius 1 is 0.778 bits per heavy atom. The Morgan fingerprint density at radius 3 is 2.06 bits per heavy atom. The second-order valence-corrected chi connectivity index (χ2v) is 15.5. The molecule has 5 rings (SSSR count). The third kappa shape index (κ3) is 2.97. The molecule has 0 bridgehead atoms. The Kier molecular flexibility index (Phi) is 5.94. The zero-order chi connectivity index (χ0) is 26.7. The lowest BCUT2D eigenvalue weighted by Gasteiger charge is -2.75. The van der Waals surface area contributed by atoms with E-state index in [2.05, 4.69) is 34.6 Å². The first kappa shape index (κ1) is 26.9. The molecule has 0 aromatic carbocycles. The first-order valence-corrected chi connectivity index (χ1v) is 14.8. The van der Waals surface area contributed by atoms with Crippen LogP contribution in [0.3, 0.4) is 0 Å². The molecule has 5 aliphatic rings. The normalized spacial score (nSPS) is 58.9. The van der Waals surface area contributed by atoms with Crippen molar-refractivity contribution in [2.45, 2.75) is 125 Å². The minimum Gasteiger partial charge on any atom is -0.479 e. The van der Waals surface area contributed by atoms with Crippen LogP contribution in [0, 0.1) is 62.6 Å². The summed E-state index contributed by atoms with van der Waals surface area (Å²) in [7, 11) is 0. The minimum atomic E-state index is -1.85. The predicted molar refractivity (Wildman–Crippen MR) is 140 cm³/mol. The number of carbonyl (C=O) groups is 1. The van der Waals surface area contributed by atoms with Gasteiger partial charge < -0.3 is 20.4 Å². The van der Waals surface area contributed by atoms with Crippen molar-refractivity contribution >= 4 is 5.97 Å². The van der Waals surface area contributed by atoms with Gasteiger partial charge in [0.15, 0.2) is 11.9 Å². The number of fused-ring (bicyclic) bond motifs is 7. The monoisotopic (exact) mass is 504 g/mol. The molecule has 206 valence electrons. The fourth-order valence-corrected chi connectivity index (χ4v) is 12.1. The van der Waals surface area contributed by atoms with Gasteiger partial charge in [0.05, 0.1) is 0 Å². The van der Waals surface area contributed by atoms with Crippen LogP contribution in [0.4, 0.5) is 0 Å². The summed E-state index contributed by atoms with van der Waals surface area (Å²) in [6.45, 7) is 16.3. The molecule has 2 unspecified atom stereocenters. The van der Waals surface area contributed by atoms with E-state index in [1.807, 2.05) is 13.8 Å². The van der Waals surface area contributed by atoms with E-state index in [4.69, 9.17) is 0 Å². The molecule has 0 aromatic heterocycles. The van der Waals surface area contributed by atoms with E-state index in [1.165, 1.54) is 25.7 Å². The maximum Gasteiger partial charge on any atom is 0.336 e. The summed E-state index contributed by atoms with van der Waals surface area (Å²) in [5.41, 5.74) is -3.18. The van der Waals surface area contributed by atoms with Gasteiger partial charge in [-0.25, -0.2) is 4.79 Å². The maximum atomic E-state index is 12.8. The smallest absolute Gasteiger partial charge is 0.336 e. The Morgan fingerprint density at radius 2 is 1.44 bits per heavy atom. The lowest BCUT2D eigenvalue weighted by Crippen LogP contribution is -2.74. The first-order chi connectivity index (χ1) is 16.5. The van der Waals surface area contributed by atoms with Crippen LogP contribution in [0.1, 0.15) is 113 Å². The fourth-order valence-electron chi connectivity index (χ4n) is 12.1. The molecule has 36 heavy (non-hydrogen) atoms. The molecule has 5 heteroatoms. The molecule has 0 radical (unpaired) electrons. The lowest BCUT2D eigenvalue weighted by atomic mass is 9.29. The highest BCUT2D eigenvalue weighted by atomic mass is 16.5. The van der Waals surface area contributed by atoms with Crippen molar-refractivity contribution in [2.24, 2.45) is 62.6 Å². The number of hydrogen-bond acceptors (Lipinski definition) is 4. The van der Waals surface area contributed by atoms with E-state index in [0.29, 0.717) is 29.6 Å². The van der Waals surface area contributed by atoms with Crippen LogP contribution in [0.25, 0.3) is 0 Å². The van der Waals surface area contributed by atoms with Gasteiger partial charge in [0.1, 0.15) is 0 Å². The van der Waals surface area contributed by atoms with Crippen LogP contribution in [0.15, 0.2) is 0 Å². The molecule has 5 saturated carbocycles.